The molecule has 0 unspecified atom stereocenters. The standard InChI is InChI=1S/C19H22O4/c1-19(2,18(20)21)23-17-10-8-15(9-11-17)12-13-22-14-16-6-4-3-5-7-16/h3-11H,12-14H2,1-2H3,(H,20,21). The molecule has 0 aromatic heterocycles. The first kappa shape index (κ1) is 17.0. The molecule has 0 aliphatic rings. The summed E-state index contributed by atoms with van der Waals surface area (Å²) in [4.78, 5) is 11.0. The smallest absolute Gasteiger partial charge is 0.347 e. The summed E-state index contributed by atoms with van der Waals surface area (Å²) < 4.78 is 11.1. The number of carboxylic acids is 1. The third-order valence-corrected chi connectivity index (χ3v) is 3.46. The van der Waals surface area contributed by atoms with Crippen LogP contribution in [-0.2, 0) is 22.6 Å². The molecule has 0 radical (unpaired) electrons. The maximum Gasteiger partial charge on any atom is 0.347 e. The normalized spacial score (nSPS) is 11.2. The minimum Gasteiger partial charge on any atom is -0.478 e. The zero-order chi connectivity index (χ0) is 16.7. The molecule has 0 spiro atoms. The molecular formula is C19H22O4. The van der Waals surface area contributed by atoms with E-state index in [2.05, 4.69) is 0 Å². The van der Waals surface area contributed by atoms with Crippen LogP contribution in [0.2, 0.25) is 0 Å². The van der Waals surface area contributed by atoms with Crippen LogP contribution in [0.25, 0.3) is 0 Å². The molecule has 2 aromatic carbocycles. The molecule has 4 heteroatoms. The van der Waals surface area contributed by atoms with Gasteiger partial charge in [0.1, 0.15) is 5.75 Å². The van der Waals surface area contributed by atoms with Gasteiger partial charge in [0.25, 0.3) is 0 Å². The van der Waals surface area contributed by atoms with Crippen molar-refractivity contribution in [2.75, 3.05) is 6.61 Å². The van der Waals surface area contributed by atoms with Crippen molar-refractivity contribution in [3.8, 4) is 5.75 Å². The Bertz CT molecular complexity index is 618. The molecule has 1 N–H and O–H groups in total. The van der Waals surface area contributed by atoms with Gasteiger partial charge in [0, 0.05) is 0 Å². The van der Waals surface area contributed by atoms with Gasteiger partial charge in [-0.1, -0.05) is 42.5 Å². The van der Waals surface area contributed by atoms with Gasteiger partial charge in [-0.15, -0.1) is 0 Å². The Hall–Kier alpha value is -2.33. The van der Waals surface area contributed by atoms with Gasteiger partial charge in [0.15, 0.2) is 5.60 Å². The van der Waals surface area contributed by atoms with Gasteiger partial charge in [-0.05, 0) is 43.5 Å². The van der Waals surface area contributed by atoms with Gasteiger partial charge >= 0.3 is 5.97 Å². The molecule has 0 saturated carbocycles. The first-order chi connectivity index (χ1) is 11.0. The van der Waals surface area contributed by atoms with E-state index in [-0.39, 0.29) is 0 Å². The lowest BCUT2D eigenvalue weighted by Gasteiger charge is -2.21. The van der Waals surface area contributed by atoms with Crippen molar-refractivity contribution < 1.29 is 19.4 Å². The van der Waals surface area contributed by atoms with Crippen molar-refractivity contribution in [3.63, 3.8) is 0 Å². The van der Waals surface area contributed by atoms with Crippen LogP contribution in [0.1, 0.15) is 25.0 Å². The molecule has 0 heterocycles. The van der Waals surface area contributed by atoms with E-state index in [1.54, 1.807) is 12.1 Å². The second-order valence-electron chi connectivity index (χ2n) is 5.85. The number of ether oxygens (including phenoxy) is 2. The van der Waals surface area contributed by atoms with Gasteiger partial charge in [0.05, 0.1) is 13.2 Å². The average Bonchev–Trinajstić information content (AvgIpc) is 2.54. The summed E-state index contributed by atoms with van der Waals surface area (Å²) in [6.45, 7) is 4.30. The Morgan fingerprint density at radius 2 is 1.65 bits per heavy atom. The van der Waals surface area contributed by atoms with Crippen LogP contribution in [0.4, 0.5) is 0 Å². The van der Waals surface area contributed by atoms with Gasteiger partial charge < -0.3 is 14.6 Å². The Morgan fingerprint density at radius 1 is 1.00 bits per heavy atom. The Morgan fingerprint density at radius 3 is 2.26 bits per heavy atom. The fourth-order valence-corrected chi connectivity index (χ4v) is 2.02. The van der Waals surface area contributed by atoms with E-state index < -0.39 is 11.6 Å². The first-order valence-corrected chi connectivity index (χ1v) is 7.60. The van der Waals surface area contributed by atoms with Crippen LogP contribution < -0.4 is 4.74 Å². The highest BCUT2D eigenvalue weighted by molar-refractivity contribution is 5.76. The molecule has 0 saturated heterocycles. The minimum atomic E-state index is -1.24. The Kier molecular flexibility index (Phi) is 5.77. The summed E-state index contributed by atoms with van der Waals surface area (Å²) in [5, 5.41) is 9.05. The molecule has 2 rings (SSSR count). The topological polar surface area (TPSA) is 55.8 Å². The highest BCUT2D eigenvalue weighted by atomic mass is 16.5. The lowest BCUT2D eigenvalue weighted by molar-refractivity contribution is -0.152. The van der Waals surface area contributed by atoms with Gasteiger partial charge in [-0.2, -0.15) is 0 Å². The van der Waals surface area contributed by atoms with E-state index >= 15 is 0 Å². The summed E-state index contributed by atoms with van der Waals surface area (Å²) >= 11 is 0. The molecule has 23 heavy (non-hydrogen) atoms. The number of rotatable bonds is 8. The van der Waals surface area contributed by atoms with E-state index in [1.807, 2.05) is 42.5 Å². The fourth-order valence-electron chi connectivity index (χ4n) is 2.02. The maximum atomic E-state index is 11.0. The molecule has 0 fully saturated rings. The van der Waals surface area contributed by atoms with Crippen molar-refractivity contribution in [2.24, 2.45) is 0 Å². The number of benzene rings is 2. The van der Waals surface area contributed by atoms with Crippen LogP contribution in [0.5, 0.6) is 5.75 Å². The zero-order valence-corrected chi connectivity index (χ0v) is 13.5. The molecule has 0 aliphatic carbocycles. The van der Waals surface area contributed by atoms with Crippen LogP contribution in [0.3, 0.4) is 0 Å². The SMILES string of the molecule is CC(C)(Oc1ccc(CCOCc2ccccc2)cc1)C(=O)O. The molecule has 0 bridgehead atoms. The third kappa shape index (κ3) is 5.42. The van der Waals surface area contributed by atoms with Crippen molar-refractivity contribution in [1.82, 2.24) is 0 Å². The number of aliphatic carboxylic acids is 1. The van der Waals surface area contributed by atoms with Crippen molar-refractivity contribution >= 4 is 5.97 Å². The summed E-state index contributed by atoms with van der Waals surface area (Å²) in [7, 11) is 0. The number of carbonyl (C=O) groups is 1. The lowest BCUT2D eigenvalue weighted by Crippen LogP contribution is -2.37. The molecular weight excluding hydrogens is 292 g/mol. The number of hydrogen-bond acceptors (Lipinski definition) is 3. The van der Waals surface area contributed by atoms with Crippen molar-refractivity contribution in [3.05, 3.63) is 65.7 Å². The van der Waals surface area contributed by atoms with Gasteiger partial charge in [0.2, 0.25) is 0 Å². The highest BCUT2D eigenvalue weighted by Gasteiger charge is 2.29. The Balaban J connectivity index is 1.78. The molecule has 0 aliphatic heterocycles. The monoisotopic (exact) mass is 314 g/mol. The number of carboxylic acid groups (broad SMARTS) is 1. The predicted molar refractivity (Wildman–Crippen MR) is 88.6 cm³/mol. The molecule has 2 aromatic rings. The largest absolute Gasteiger partial charge is 0.478 e. The molecule has 0 amide bonds. The maximum absolute atomic E-state index is 11.0. The summed E-state index contributed by atoms with van der Waals surface area (Å²) in [5.74, 6) is -0.442. The molecule has 122 valence electrons. The van der Waals surface area contributed by atoms with E-state index in [9.17, 15) is 4.79 Å². The minimum absolute atomic E-state index is 0.548. The molecule has 0 atom stereocenters. The van der Waals surface area contributed by atoms with Crippen LogP contribution in [0, 0.1) is 0 Å². The van der Waals surface area contributed by atoms with E-state index in [1.165, 1.54) is 13.8 Å². The predicted octanol–water partition coefficient (Wildman–Crippen LogP) is 3.69. The van der Waals surface area contributed by atoms with E-state index in [0.29, 0.717) is 19.0 Å². The van der Waals surface area contributed by atoms with Gasteiger partial charge in [-0.25, -0.2) is 4.79 Å². The van der Waals surface area contributed by atoms with Gasteiger partial charge in [-0.3, -0.25) is 0 Å². The summed E-state index contributed by atoms with van der Waals surface area (Å²) in [5.41, 5.74) is 1.05. The first-order valence-electron chi connectivity index (χ1n) is 7.60. The number of hydrogen-bond donors (Lipinski definition) is 1. The lowest BCUT2D eigenvalue weighted by atomic mass is 10.1. The second-order valence-corrected chi connectivity index (χ2v) is 5.85. The summed E-state index contributed by atoms with van der Waals surface area (Å²) in [6.07, 6.45) is 0.801. The zero-order valence-electron chi connectivity index (χ0n) is 13.5. The van der Waals surface area contributed by atoms with Crippen LogP contribution in [0.15, 0.2) is 54.6 Å². The third-order valence-electron chi connectivity index (χ3n) is 3.46. The Labute approximate surface area is 136 Å². The van der Waals surface area contributed by atoms with Crippen LogP contribution >= 0.6 is 0 Å². The highest BCUT2D eigenvalue weighted by Crippen LogP contribution is 2.19. The van der Waals surface area contributed by atoms with E-state index in [0.717, 1.165) is 17.5 Å². The quantitative estimate of drug-likeness (QED) is 0.755. The van der Waals surface area contributed by atoms with Crippen molar-refractivity contribution in [2.45, 2.75) is 32.5 Å². The van der Waals surface area contributed by atoms with Crippen LogP contribution in [-0.4, -0.2) is 23.3 Å². The van der Waals surface area contributed by atoms with E-state index in [4.69, 9.17) is 14.6 Å². The molecule has 4 nitrogen and oxygen atoms in total. The van der Waals surface area contributed by atoms with Crippen molar-refractivity contribution in [1.29, 1.82) is 0 Å². The summed E-state index contributed by atoms with van der Waals surface area (Å²) in [6, 6.07) is 17.5. The fraction of sp³-hybridized carbons (Fsp3) is 0.316. The average molecular weight is 314 g/mol. The second kappa shape index (κ2) is 7.79.